The summed E-state index contributed by atoms with van der Waals surface area (Å²) in [5.74, 6) is 1.51. The molecule has 0 aliphatic heterocycles. The summed E-state index contributed by atoms with van der Waals surface area (Å²) in [6.45, 7) is 18.6. The molecule has 0 atom stereocenters. The van der Waals surface area contributed by atoms with Crippen molar-refractivity contribution in [2.24, 2.45) is 0 Å². The Balaban J connectivity index is 2.12. The zero-order valence-electron chi connectivity index (χ0n) is 26.3. The smallest absolute Gasteiger partial charge is 0.133 e. The average Bonchev–Trinajstić information content (AvgIpc) is 2.89. The lowest BCUT2D eigenvalue weighted by Gasteiger charge is -2.26. The van der Waals surface area contributed by atoms with Crippen molar-refractivity contribution in [3.63, 3.8) is 0 Å². The Morgan fingerprint density at radius 2 is 1.05 bits per heavy atom. The third-order valence-electron chi connectivity index (χ3n) is 7.90. The van der Waals surface area contributed by atoms with Gasteiger partial charge >= 0.3 is 0 Å². The molecule has 3 rings (SSSR count). The molecule has 0 spiro atoms. The number of benzene rings is 3. The fraction of sp³-hybridized carbons (Fsp3) is 0.500. The van der Waals surface area contributed by atoms with E-state index in [4.69, 9.17) is 9.47 Å². The molecule has 0 aliphatic rings. The maximum atomic E-state index is 15.5. The van der Waals surface area contributed by atoms with Crippen LogP contribution in [-0.4, -0.2) is 13.2 Å². The first kappa shape index (κ1) is 32.0. The van der Waals surface area contributed by atoms with Crippen LogP contribution in [0.4, 0.5) is 0 Å². The number of rotatable bonds is 15. The fourth-order valence-corrected chi connectivity index (χ4v) is 9.12. The van der Waals surface area contributed by atoms with Crippen molar-refractivity contribution in [3.05, 3.63) is 87.0 Å². The van der Waals surface area contributed by atoms with Crippen molar-refractivity contribution in [3.8, 4) is 11.5 Å². The van der Waals surface area contributed by atoms with E-state index in [0.29, 0.717) is 25.5 Å². The third kappa shape index (κ3) is 8.50. The lowest BCUT2D eigenvalue weighted by Crippen LogP contribution is -2.16. The highest BCUT2D eigenvalue weighted by molar-refractivity contribution is 7.70. The molecule has 0 radical (unpaired) electrons. The standard InChI is InChI=1S/C36H51O3P/c1-9-11-13-17-38-32-15-16-36(35(23-32)39-18-14-12-10-2)40(37,24-33-28(5)19-26(3)20-29(33)6)25-34-30(7)21-27(4)22-31(34)8/h15-16,19-23H,9-14,17-18,24-25H2,1-8H3. The molecule has 0 aromatic heterocycles. The molecule has 3 aromatic carbocycles. The lowest BCUT2D eigenvalue weighted by molar-refractivity contribution is 0.293. The predicted octanol–water partition coefficient (Wildman–Crippen LogP) is 10.1. The highest BCUT2D eigenvalue weighted by Gasteiger charge is 2.32. The summed E-state index contributed by atoms with van der Waals surface area (Å²) in [5.41, 5.74) is 9.67. The molecule has 3 aromatic rings. The van der Waals surface area contributed by atoms with E-state index in [0.717, 1.165) is 55.3 Å². The van der Waals surface area contributed by atoms with Gasteiger partial charge in [0, 0.05) is 18.4 Å². The lowest BCUT2D eigenvalue weighted by atomic mass is 10.0. The first-order chi connectivity index (χ1) is 19.1. The van der Waals surface area contributed by atoms with Gasteiger partial charge in [0.05, 0.1) is 18.5 Å². The molecule has 0 saturated heterocycles. The molecule has 0 saturated carbocycles. The summed E-state index contributed by atoms with van der Waals surface area (Å²) >= 11 is 0. The maximum Gasteiger partial charge on any atom is 0.133 e. The van der Waals surface area contributed by atoms with Gasteiger partial charge in [-0.05, 0) is 99.9 Å². The van der Waals surface area contributed by atoms with Gasteiger partial charge in [0.2, 0.25) is 0 Å². The van der Waals surface area contributed by atoms with Crippen LogP contribution in [0.3, 0.4) is 0 Å². The van der Waals surface area contributed by atoms with E-state index in [1.165, 1.54) is 44.5 Å². The van der Waals surface area contributed by atoms with Crippen LogP contribution in [0.5, 0.6) is 11.5 Å². The summed E-state index contributed by atoms with van der Waals surface area (Å²) < 4.78 is 28.1. The molecule has 0 amide bonds. The molecular formula is C36H51O3P. The van der Waals surface area contributed by atoms with Crippen molar-refractivity contribution < 1.29 is 14.0 Å². The number of hydrogen-bond donors (Lipinski definition) is 0. The normalized spacial score (nSPS) is 11.6. The molecule has 0 heterocycles. The second-order valence-corrected chi connectivity index (χ2v) is 14.6. The highest BCUT2D eigenvalue weighted by Crippen LogP contribution is 2.55. The number of unbranched alkanes of at least 4 members (excludes halogenated alkanes) is 4. The minimum Gasteiger partial charge on any atom is -0.493 e. The third-order valence-corrected chi connectivity index (χ3v) is 10.8. The Kier molecular flexibility index (Phi) is 11.9. The van der Waals surface area contributed by atoms with Gasteiger partial charge < -0.3 is 14.0 Å². The van der Waals surface area contributed by atoms with E-state index >= 15 is 4.57 Å². The molecule has 218 valence electrons. The second-order valence-electron chi connectivity index (χ2n) is 11.7. The van der Waals surface area contributed by atoms with Crippen molar-refractivity contribution in [1.82, 2.24) is 0 Å². The summed E-state index contributed by atoms with van der Waals surface area (Å²) in [6.07, 6.45) is 7.59. The van der Waals surface area contributed by atoms with Crippen LogP contribution in [0.1, 0.15) is 96.9 Å². The quantitative estimate of drug-likeness (QED) is 0.137. The SMILES string of the molecule is CCCCCOc1ccc(P(=O)(Cc2c(C)cc(C)cc2C)Cc2c(C)cc(C)cc2C)c(OCCCCC)c1. The van der Waals surface area contributed by atoms with Crippen molar-refractivity contribution in [2.45, 2.75) is 106 Å². The van der Waals surface area contributed by atoms with E-state index in [2.05, 4.69) is 79.7 Å². The first-order valence-corrected chi connectivity index (χ1v) is 17.3. The zero-order chi connectivity index (χ0) is 29.3. The van der Waals surface area contributed by atoms with E-state index < -0.39 is 7.14 Å². The minimum atomic E-state index is -2.98. The Labute approximate surface area is 244 Å². The van der Waals surface area contributed by atoms with E-state index in [-0.39, 0.29) is 0 Å². The minimum absolute atomic E-state index is 0.514. The summed E-state index contributed by atoms with van der Waals surface area (Å²) in [5, 5.41) is 0.837. The van der Waals surface area contributed by atoms with Crippen molar-refractivity contribution in [1.29, 1.82) is 0 Å². The Hall–Kier alpha value is -2.51. The molecule has 0 aliphatic carbocycles. The van der Waals surface area contributed by atoms with Gasteiger partial charge in [0.25, 0.3) is 0 Å². The molecule has 0 N–H and O–H groups in total. The Morgan fingerprint density at radius 1 is 0.600 bits per heavy atom. The van der Waals surface area contributed by atoms with Gasteiger partial charge in [0.15, 0.2) is 0 Å². The summed E-state index contributed by atoms with van der Waals surface area (Å²) in [6, 6.07) is 14.9. The van der Waals surface area contributed by atoms with E-state index in [1.54, 1.807) is 0 Å². The molecule has 0 bridgehead atoms. The van der Waals surface area contributed by atoms with Crippen LogP contribution in [-0.2, 0) is 16.9 Å². The van der Waals surface area contributed by atoms with Crippen LogP contribution >= 0.6 is 7.14 Å². The molecule has 40 heavy (non-hydrogen) atoms. The largest absolute Gasteiger partial charge is 0.493 e. The van der Waals surface area contributed by atoms with Crippen LogP contribution < -0.4 is 14.8 Å². The monoisotopic (exact) mass is 562 g/mol. The van der Waals surface area contributed by atoms with Gasteiger partial charge in [-0.25, -0.2) is 0 Å². The topological polar surface area (TPSA) is 35.5 Å². The molecule has 4 heteroatoms. The van der Waals surface area contributed by atoms with Crippen molar-refractivity contribution in [2.75, 3.05) is 13.2 Å². The van der Waals surface area contributed by atoms with Crippen LogP contribution in [0.25, 0.3) is 0 Å². The Bertz CT molecular complexity index is 1210. The Morgan fingerprint density at radius 3 is 1.50 bits per heavy atom. The average molecular weight is 563 g/mol. The van der Waals surface area contributed by atoms with Gasteiger partial charge in [-0.3, -0.25) is 0 Å². The molecule has 0 unspecified atom stereocenters. The summed E-state index contributed by atoms with van der Waals surface area (Å²) in [7, 11) is -2.98. The molecule has 3 nitrogen and oxygen atoms in total. The molecular weight excluding hydrogens is 511 g/mol. The predicted molar refractivity (Wildman–Crippen MR) is 172 cm³/mol. The number of ether oxygens (including phenoxy) is 2. The number of hydrogen-bond acceptors (Lipinski definition) is 3. The van der Waals surface area contributed by atoms with Crippen LogP contribution in [0.15, 0.2) is 42.5 Å². The van der Waals surface area contributed by atoms with Crippen molar-refractivity contribution >= 4 is 12.4 Å². The molecule has 0 fully saturated rings. The second kappa shape index (κ2) is 14.9. The first-order valence-electron chi connectivity index (χ1n) is 15.2. The van der Waals surface area contributed by atoms with Gasteiger partial charge in [-0.2, -0.15) is 0 Å². The van der Waals surface area contributed by atoms with Gasteiger partial charge in [-0.1, -0.05) is 74.9 Å². The van der Waals surface area contributed by atoms with E-state index in [9.17, 15) is 0 Å². The highest BCUT2D eigenvalue weighted by atomic mass is 31.2. The van der Waals surface area contributed by atoms with Gasteiger partial charge in [0.1, 0.15) is 18.6 Å². The van der Waals surface area contributed by atoms with Gasteiger partial charge in [-0.15, -0.1) is 0 Å². The number of aryl methyl sites for hydroxylation is 6. The zero-order valence-corrected chi connectivity index (χ0v) is 27.2. The van der Waals surface area contributed by atoms with E-state index in [1.807, 2.05) is 18.2 Å². The maximum absolute atomic E-state index is 15.5. The van der Waals surface area contributed by atoms with Crippen LogP contribution in [0.2, 0.25) is 0 Å². The fourth-order valence-electron chi connectivity index (χ4n) is 5.77. The van der Waals surface area contributed by atoms with Crippen LogP contribution in [0, 0.1) is 41.5 Å². The summed E-state index contributed by atoms with van der Waals surface area (Å²) in [4.78, 5) is 0.